The molecule has 0 aliphatic carbocycles. The van der Waals surface area contributed by atoms with E-state index in [1.807, 2.05) is 26.0 Å². The highest BCUT2D eigenvalue weighted by Crippen LogP contribution is 2.27. The summed E-state index contributed by atoms with van der Waals surface area (Å²) in [4.78, 5) is 46.4. The number of nitro groups is 1. The molecule has 0 radical (unpaired) electrons. The summed E-state index contributed by atoms with van der Waals surface area (Å²) in [5.74, 6) is -1.53. The van der Waals surface area contributed by atoms with Crippen LogP contribution < -0.4 is 10.1 Å². The van der Waals surface area contributed by atoms with E-state index in [0.717, 1.165) is 11.6 Å². The normalized spacial score (nSPS) is 10.4. The number of rotatable bonds is 9. The second kappa shape index (κ2) is 10.1. The Hall–Kier alpha value is -3.75. The second-order valence-corrected chi connectivity index (χ2v) is 6.69. The molecule has 0 fully saturated rings. The number of nitrogens with zero attached hydrogens (tertiary/aromatic N) is 1. The maximum absolute atomic E-state index is 12.1. The summed E-state index contributed by atoms with van der Waals surface area (Å²) in [5, 5.41) is 13.3. The van der Waals surface area contributed by atoms with Crippen LogP contribution in [0.5, 0.6) is 5.75 Å². The zero-order valence-electron chi connectivity index (χ0n) is 16.8. The third kappa shape index (κ3) is 5.87. The van der Waals surface area contributed by atoms with Crippen LogP contribution in [0.4, 0.5) is 5.69 Å². The molecule has 2 aromatic rings. The molecule has 1 N–H and O–H groups in total. The SMILES string of the molecule is COc1ccc(C(=O)NCC(=O)OCC(=O)c2ccc(C(C)C)cc2)cc1[N+](=O)[O-]. The molecule has 0 saturated carbocycles. The van der Waals surface area contributed by atoms with Gasteiger partial charge in [-0.3, -0.25) is 24.5 Å². The predicted molar refractivity (Wildman–Crippen MR) is 108 cm³/mol. The molecule has 9 heteroatoms. The molecule has 0 aromatic heterocycles. The van der Waals surface area contributed by atoms with Crippen molar-refractivity contribution in [3.8, 4) is 5.75 Å². The highest BCUT2D eigenvalue weighted by Gasteiger charge is 2.19. The lowest BCUT2D eigenvalue weighted by Crippen LogP contribution is -2.31. The average Bonchev–Trinajstić information content (AvgIpc) is 2.75. The molecule has 0 heterocycles. The molecule has 9 nitrogen and oxygen atoms in total. The molecule has 0 spiro atoms. The molecular formula is C21H22N2O7. The first-order chi connectivity index (χ1) is 14.2. The van der Waals surface area contributed by atoms with E-state index < -0.39 is 30.0 Å². The summed E-state index contributed by atoms with van der Waals surface area (Å²) in [6, 6.07) is 10.7. The number of Topliss-reactive ketones (excluding diaryl/α,β-unsaturated/α-hetero) is 1. The minimum Gasteiger partial charge on any atom is -0.490 e. The van der Waals surface area contributed by atoms with Crippen molar-refractivity contribution in [2.45, 2.75) is 19.8 Å². The van der Waals surface area contributed by atoms with E-state index in [1.54, 1.807) is 12.1 Å². The minimum atomic E-state index is -0.807. The number of amides is 1. The van der Waals surface area contributed by atoms with Gasteiger partial charge in [-0.15, -0.1) is 0 Å². The number of hydrogen-bond donors (Lipinski definition) is 1. The van der Waals surface area contributed by atoms with E-state index in [0.29, 0.717) is 11.5 Å². The Labute approximate surface area is 173 Å². The van der Waals surface area contributed by atoms with E-state index >= 15 is 0 Å². The van der Waals surface area contributed by atoms with Crippen molar-refractivity contribution in [2.24, 2.45) is 0 Å². The van der Waals surface area contributed by atoms with Crippen molar-refractivity contribution in [3.05, 3.63) is 69.3 Å². The van der Waals surface area contributed by atoms with Gasteiger partial charge in [-0.25, -0.2) is 0 Å². The first kappa shape index (κ1) is 22.5. The Morgan fingerprint density at radius 1 is 1.07 bits per heavy atom. The quantitative estimate of drug-likeness (QED) is 0.289. The fraction of sp³-hybridized carbons (Fsp3) is 0.286. The van der Waals surface area contributed by atoms with Crippen LogP contribution in [0.3, 0.4) is 0 Å². The number of benzene rings is 2. The van der Waals surface area contributed by atoms with Crippen molar-refractivity contribution < 1.29 is 28.8 Å². The Bertz CT molecular complexity index is 952. The van der Waals surface area contributed by atoms with Gasteiger partial charge in [0.1, 0.15) is 6.54 Å². The van der Waals surface area contributed by atoms with Gasteiger partial charge in [-0.2, -0.15) is 0 Å². The zero-order valence-corrected chi connectivity index (χ0v) is 16.8. The van der Waals surface area contributed by atoms with Gasteiger partial charge in [0.25, 0.3) is 5.91 Å². The number of carbonyl (C=O) groups excluding carboxylic acids is 3. The molecule has 1 amide bonds. The molecule has 0 bridgehead atoms. The van der Waals surface area contributed by atoms with Gasteiger partial charge in [-0.1, -0.05) is 38.1 Å². The maximum atomic E-state index is 12.1. The summed E-state index contributed by atoms with van der Waals surface area (Å²) in [6.07, 6.45) is 0. The lowest BCUT2D eigenvalue weighted by Gasteiger charge is -2.08. The first-order valence-electron chi connectivity index (χ1n) is 9.12. The number of esters is 1. The van der Waals surface area contributed by atoms with Crippen molar-refractivity contribution in [2.75, 3.05) is 20.3 Å². The highest BCUT2D eigenvalue weighted by molar-refractivity contribution is 5.99. The number of nitrogens with one attached hydrogen (secondary N) is 1. The van der Waals surface area contributed by atoms with Crippen LogP contribution in [0.25, 0.3) is 0 Å². The molecule has 0 atom stereocenters. The summed E-state index contributed by atoms with van der Waals surface area (Å²) in [5.41, 5.74) is 1.12. The van der Waals surface area contributed by atoms with Crippen LogP contribution in [0.1, 0.15) is 46.0 Å². The molecule has 0 aliphatic rings. The van der Waals surface area contributed by atoms with Crippen molar-refractivity contribution in [3.63, 3.8) is 0 Å². The monoisotopic (exact) mass is 414 g/mol. The molecule has 158 valence electrons. The van der Waals surface area contributed by atoms with Crippen molar-refractivity contribution in [1.29, 1.82) is 0 Å². The Balaban J connectivity index is 1.87. The van der Waals surface area contributed by atoms with E-state index in [4.69, 9.17) is 9.47 Å². The average molecular weight is 414 g/mol. The van der Waals surface area contributed by atoms with Crippen LogP contribution in [0, 0.1) is 10.1 Å². The van der Waals surface area contributed by atoms with E-state index in [1.165, 1.54) is 19.2 Å². The number of ether oxygens (including phenoxy) is 2. The lowest BCUT2D eigenvalue weighted by atomic mass is 10.0. The van der Waals surface area contributed by atoms with Gasteiger partial charge >= 0.3 is 11.7 Å². The third-order valence-corrected chi connectivity index (χ3v) is 4.29. The number of nitro benzene ring substituents is 1. The van der Waals surface area contributed by atoms with Crippen molar-refractivity contribution >= 4 is 23.3 Å². The van der Waals surface area contributed by atoms with Crippen LogP contribution in [0.15, 0.2) is 42.5 Å². The van der Waals surface area contributed by atoms with Gasteiger partial charge in [0.05, 0.1) is 12.0 Å². The lowest BCUT2D eigenvalue weighted by molar-refractivity contribution is -0.385. The van der Waals surface area contributed by atoms with Gasteiger partial charge < -0.3 is 14.8 Å². The summed E-state index contributed by atoms with van der Waals surface area (Å²) < 4.78 is 9.76. The first-order valence-corrected chi connectivity index (χ1v) is 9.12. The molecule has 0 saturated heterocycles. The molecule has 2 rings (SSSR count). The summed E-state index contributed by atoms with van der Waals surface area (Å²) in [7, 11) is 1.28. The molecule has 0 unspecified atom stereocenters. The van der Waals surface area contributed by atoms with Gasteiger partial charge in [0.15, 0.2) is 18.1 Å². The maximum Gasteiger partial charge on any atom is 0.325 e. The largest absolute Gasteiger partial charge is 0.490 e. The Morgan fingerprint density at radius 2 is 1.70 bits per heavy atom. The fourth-order valence-electron chi connectivity index (χ4n) is 2.56. The summed E-state index contributed by atoms with van der Waals surface area (Å²) in [6.45, 7) is 3.13. The molecule has 30 heavy (non-hydrogen) atoms. The zero-order chi connectivity index (χ0) is 22.3. The van der Waals surface area contributed by atoms with Gasteiger partial charge in [0, 0.05) is 17.2 Å². The number of ketones is 1. The van der Waals surface area contributed by atoms with E-state index in [-0.39, 0.29) is 22.8 Å². The van der Waals surface area contributed by atoms with Crippen molar-refractivity contribution in [1.82, 2.24) is 5.32 Å². The van der Waals surface area contributed by atoms with Crippen LogP contribution in [-0.4, -0.2) is 42.8 Å². The fourth-order valence-corrected chi connectivity index (χ4v) is 2.56. The number of methoxy groups -OCH3 is 1. The Kier molecular flexibility index (Phi) is 7.62. The van der Waals surface area contributed by atoms with Crippen LogP contribution >= 0.6 is 0 Å². The van der Waals surface area contributed by atoms with Crippen LogP contribution in [-0.2, 0) is 9.53 Å². The Morgan fingerprint density at radius 3 is 2.27 bits per heavy atom. The smallest absolute Gasteiger partial charge is 0.325 e. The third-order valence-electron chi connectivity index (χ3n) is 4.29. The minimum absolute atomic E-state index is 0.0101. The predicted octanol–water partition coefficient (Wildman–Crippen LogP) is 2.88. The molecule has 0 aliphatic heterocycles. The van der Waals surface area contributed by atoms with Gasteiger partial charge in [0.2, 0.25) is 0 Å². The highest BCUT2D eigenvalue weighted by atomic mass is 16.6. The molecular weight excluding hydrogens is 392 g/mol. The van der Waals surface area contributed by atoms with E-state index in [2.05, 4.69) is 5.32 Å². The topological polar surface area (TPSA) is 125 Å². The number of carbonyl (C=O) groups is 3. The molecule has 2 aromatic carbocycles. The van der Waals surface area contributed by atoms with Gasteiger partial charge in [-0.05, 0) is 23.6 Å². The summed E-state index contributed by atoms with van der Waals surface area (Å²) >= 11 is 0. The standard InChI is InChI=1S/C21H22N2O7/c1-13(2)14-4-6-15(7-5-14)18(24)12-30-20(25)11-22-21(26)16-8-9-19(29-3)17(10-16)23(27)28/h4-10,13H,11-12H2,1-3H3,(H,22,26). The van der Waals surface area contributed by atoms with Crippen LogP contribution in [0.2, 0.25) is 0 Å². The van der Waals surface area contributed by atoms with E-state index in [9.17, 15) is 24.5 Å². The second-order valence-electron chi connectivity index (χ2n) is 6.69. The number of hydrogen-bond acceptors (Lipinski definition) is 7.